The number of hydrogen-bond donors (Lipinski definition) is 0. The van der Waals surface area contributed by atoms with E-state index in [1.807, 2.05) is 0 Å². The first-order valence-corrected chi connectivity index (χ1v) is 4.25. The Labute approximate surface area is 75.7 Å². The van der Waals surface area contributed by atoms with Gasteiger partial charge < -0.3 is 0 Å². The molecule has 1 nitrogen and oxygen atoms in total. The summed E-state index contributed by atoms with van der Waals surface area (Å²) >= 11 is 3.04. The second-order valence-corrected chi connectivity index (χ2v) is 2.69. The van der Waals surface area contributed by atoms with Gasteiger partial charge in [-0.05, 0) is 6.07 Å². The normalized spacial score (nSPS) is 10.8. The summed E-state index contributed by atoms with van der Waals surface area (Å²) in [6.45, 7) is 0. The number of nitrogens with zero attached hydrogens (tertiary/aromatic N) is 1. The molecule has 12 heavy (non-hydrogen) atoms. The van der Waals surface area contributed by atoms with Gasteiger partial charge in [-0.1, -0.05) is 15.9 Å². The van der Waals surface area contributed by atoms with Crippen molar-refractivity contribution in [3.63, 3.8) is 0 Å². The van der Waals surface area contributed by atoms with E-state index < -0.39 is 17.8 Å². The van der Waals surface area contributed by atoms with E-state index in [0.717, 1.165) is 12.3 Å². The van der Waals surface area contributed by atoms with Crippen LogP contribution in [0.25, 0.3) is 0 Å². The number of aromatic nitrogens is 1. The van der Waals surface area contributed by atoms with Gasteiger partial charge in [0.1, 0.15) is 5.82 Å². The van der Waals surface area contributed by atoms with Gasteiger partial charge in [0.25, 0.3) is 6.43 Å². The Bertz CT molecular complexity index is 277. The molecule has 0 aromatic carbocycles. The van der Waals surface area contributed by atoms with Gasteiger partial charge in [0.15, 0.2) is 0 Å². The smallest absolute Gasteiger partial charge is 0.257 e. The van der Waals surface area contributed by atoms with Gasteiger partial charge in [0.2, 0.25) is 0 Å². The molecule has 0 aliphatic rings. The summed E-state index contributed by atoms with van der Waals surface area (Å²) in [5.41, 5.74) is -0.203. The van der Waals surface area contributed by atoms with Gasteiger partial charge in [-0.3, -0.25) is 4.98 Å². The fourth-order valence-electron chi connectivity index (χ4n) is 0.740. The number of alkyl halides is 3. The van der Waals surface area contributed by atoms with Gasteiger partial charge in [-0.25, -0.2) is 13.2 Å². The lowest BCUT2D eigenvalue weighted by atomic mass is 10.2. The molecule has 0 saturated heterocycles. The van der Waals surface area contributed by atoms with Crippen LogP contribution < -0.4 is 0 Å². The minimum Gasteiger partial charge on any atom is -0.257 e. The van der Waals surface area contributed by atoms with Crippen LogP contribution in [0.1, 0.15) is 17.7 Å². The molecule has 0 atom stereocenters. The van der Waals surface area contributed by atoms with Gasteiger partial charge in [0, 0.05) is 5.33 Å². The molecular formula is C7H5BrF3N. The lowest BCUT2D eigenvalue weighted by Gasteiger charge is -2.02. The Morgan fingerprint density at radius 2 is 2.17 bits per heavy atom. The maximum atomic E-state index is 12.6. The fraction of sp³-hybridized carbons (Fsp3) is 0.286. The van der Waals surface area contributed by atoms with E-state index in [0.29, 0.717) is 11.0 Å². The quantitative estimate of drug-likeness (QED) is 0.724. The molecule has 66 valence electrons. The van der Waals surface area contributed by atoms with Gasteiger partial charge >= 0.3 is 0 Å². The van der Waals surface area contributed by atoms with Gasteiger partial charge in [0.05, 0.1) is 17.5 Å². The third-order valence-electron chi connectivity index (χ3n) is 1.31. The third-order valence-corrected chi connectivity index (χ3v) is 1.89. The largest absolute Gasteiger partial charge is 0.266 e. The van der Waals surface area contributed by atoms with Crippen LogP contribution in [0.3, 0.4) is 0 Å². The van der Waals surface area contributed by atoms with Gasteiger partial charge in [-0.15, -0.1) is 0 Å². The van der Waals surface area contributed by atoms with Crippen molar-refractivity contribution < 1.29 is 13.2 Å². The highest BCUT2D eigenvalue weighted by Crippen LogP contribution is 2.22. The van der Waals surface area contributed by atoms with Crippen LogP contribution in [0.4, 0.5) is 13.2 Å². The monoisotopic (exact) mass is 239 g/mol. The van der Waals surface area contributed by atoms with Crippen LogP contribution in [0.15, 0.2) is 12.3 Å². The van der Waals surface area contributed by atoms with Crippen LogP contribution in [0.2, 0.25) is 0 Å². The Morgan fingerprint density at radius 1 is 1.50 bits per heavy atom. The highest BCUT2D eigenvalue weighted by Gasteiger charge is 2.13. The molecule has 0 unspecified atom stereocenters. The number of rotatable bonds is 2. The maximum Gasteiger partial charge on any atom is 0.266 e. The Hall–Kier alpha value is -0.580. The zero-order valence-corrected chi connectivity index (χ0v) is 7.48. The van der Waals surface area contributed by atoms with Crippen molar-refractivity contribution in [2.24, 2.45) is 0 Å². The number of hydrogen-bond acceptors (Lipinski definition) is 1. The minimum atomic E-state index is -2.79. The minimum absolute atomic E-state index is 0.340. The summed E-state index contributed by atoms with van der Waals surface area (Å²) < 4.78 is 36.7. The molecule has 0 aliphatic heterocycles. The molecular weight excluding hydrogens is 235 g/mol. The van der Waals surface area contributed by atoms with Crippen LogP contribution in [-0.4, -0.2) is 4.98 Å². The Morgan fingerprint density at radius 3 is 2.67 bits per heavy atom. The lowest BCUT2D eigenvalue weighted by Crippen LogP contribution is -1.95. The highest BCUT2D eigenvalue weighted by molar-refractivity contribution is 9.08. The molecule has 0 saturated carbocycles. The van der Waals surface area contributed by atoms with E-state index in [1.165, 1.54) is 0 Å². The van der Waals surface area contributed by atoms with Crippen molar-refractivity contribution >= 4 is 15.9 Å². The van der Waals surface area contributed by atoms with Crippen LogP contribution in [0, 0.1) is 5.82 Å². The van der Waals surface area contributed by atoms with E-state index >= 15 is 0 Å². The standard InChI is InChI=1S/C7H5BrF3N/c8-2-4-1-5(7(10)11)6(9)3-12-4/h1,3,7H,2H2. The molecule has 0 amide bonds. The summed E-state index contributed by atoms with van der Waals surface area (Å²) in [4.78, 5) is 3.58. The molecule has 5 heteroatoms. The molecule has 1 aromatic rings. The van der Waals surface area contributed by atoms with Crippen molar-refractivity contribution in [2.75, 3.05) is 0 Å². The zero-order chi connectivity index (χ0) is 9.14. The Kier molecular flexibility index (Phi) is 3.08. The second kappa shape index (κ2) is 3.89. The predicted molar refractivity (Wildman–Crippen MR) is 41.8 cm³/mol. The average Bonchev–Trinajstić information content (AvgIpc) is 2.05. The SMILES string of the molecule is Fc1cnc(CBr)cc1C(F)F. The summed E-state index contributed by atoms with van der Waals surface area (Å²) in [6, 6.07) is 1.05. The van der Waals surface area contributed by atoms with E-state index in [4.69, 9.17) is 0 Å². The van der Waals surface area contributed by atoms with E-state index in [2.05, 4.69) is 20.9 Å². The second-order valence-electron chi connectivity index (χ2n) is 2.13. The van der Waals surface area contributed by atoms with Crippen molar-refractivity contribution in [2.45, 2.75) is 11.8 Å². The molecule has 0 fully saturated rings. The molecule has 0 N–H and O–H groups in total. The van der Waals surface area contributed by atoms with Crippen molar-refractivity contribution in [1.29, 1.82) is 0 Å². The summed E-state index contributed by atoms with van der Waals surface area (Å²) in [5.74, 6) is -0.963. The Balaban J connectivity index is 3.08. The molecule has 1 aromatic heterocycles. The molecule has 1 rings (SSSR count). The first-order valence-electron chi connectivity index (χ1n) is 3.13. The fourth-order valence-corrected chi connectivity index (χ4v) is 1.05. The number of halogens is 4. The topological polar surface area (TPSA) is 12.9 Å². The van der Waals surface area contributed by atoms with Gasteiger partial charge in [-0.2, -0.15) is 0 Å². The summed E-state index contributed by atoms with van der Waals surface area (Å²) in [7, 11) is 0. The van der Waals surface area contributed by atoms with Crippen LogP contribution in [0.5, 0.6) is 0 Å². The molecule has 0 aliphatic carbocycles. The predicted octanol–water partition coefficient (Wildman–Crippen LogP) is 3.05. The van der Waals surface area contributed by atoms with E-state index in [1.54, 1.807) is 0 Å². The average molecular weight is 240 g/mol. The third kappa shape index (κ3) is 1.97. The van der Waals surface area contributed by atoms with Crippen molar-refractivity contribution in [3.05, 3.63) is 29.3 Å². The zero-order valence-electron chi connectivity index (χ0n) is 5.90. The molecule has 0 spiro atoms. The maximum absolute atomic E-state index is 12.6. The van der Waals surface area contributed by atoms with Crippen molar-refractivity contribution in [1.82, 2.24) is 4.98 Å². The lowest BCUT2D eigenvalue weighted by molar-refractivity contribution is 0.146. The van der Waals surface area contributed by atoms with E-state index in [9.17, 15) is 13.2 Å². The van der Waals surface area contributed by atoms with Crippen LogP contribution in [-0.2, 0) is 5.33 Å². The molecule has 0 bridgehead atoms. The highest BCUT2D eigenvalue weighted by atomic mass is 79.9. The summed E-state index contributed by atoms with van der Waals surface area (Å²) in [6.07, 6.45) is -1.98. The van der Waals surface area contributed by atoms with E-state index in [-0.39, 0.29) is 0 Å². The molecule has 0 radical (unpaired) electrons. The van der Waals surface area contributed by atoms with Crippen LogP contribution >= 0.6 is 15.9 Å². The first kappa shape index (κ1) is 9.51. The first-order chi connectivity index (χ1) is 5.65. The number of pyridine rings is 1. The molecule has 1 heterocycles. The summed E-state index contributed by atoms with van der Waals surface area (Å²) in [5, 5.41) is 0.340. The van der Waals surface area contributed by atoms with Crippen molar-refractivity contribution in [3.8, 4) is 0 Å².